The third-order valence-corrected chi connectivity index (χ3v) is 5.02. The second kappa shape index (κ2) is 7.37. The zero-order valence-corrected chi connectivity index (χ0v) is 15.8. The number of benzene rings is 2. The lowest BCUT2D eigenvalue weighted by molar-refractivity contribution is 0.558. The van der Waals surface area contributed by atoms with Gasteiger partial charge in [0.05, 0.1) is 17.8 Å². The van der Waals surface area contributed by atoms with E-state index in [0.29, 0.717) is 5.82 Å². The zero-order valence-electron chi connectivity index (χ0n) is 15.8. The number of aromatic nitrogens is 5. The number of aromatic amines is 1. The van der Waals surface area contributed by atoms with E-state index in [1.165, 1.54) is 5.56 Å². The number of nitrogen functional groups attached to an aromatic ring is 1. The molecule has 7 heteroatoms. The number of hydrogen-bond donors (Lipinski definition) is 3. The van der Waals surface area contributed by atoms with E-state index in [9.17, 15) is 0 Å². The van der Waals surface area contributed by atoms with Crippen LogP contribution in [0.4, 0.5) is 5.82 Å². The Labute approximate surface area is 167 Å². The van der Waals surface area contributed by atoms with Gasteiger partial charge in [-0.25, -0.2) is 4.98 Å². The molecule has 0 aliphatic rings. The van der Waals surface area contributed by atoms with Crippen LogP contribution in [0.25, 0.3) is 33.1 Å². The van der Waals surface area contributed by atoms with Crippen molar-refractivity contribution in [3.8, 4) is 11.3 Å². The van der Waals surface area contributed by atoms with Crippen molar-refractivity contribution in [3.63, 3.8) is 0 Å². The summed E-state index contributed by atoms with van der Waals surface area (Å²) in [6.07, 6.45) is 3.86. The molecule has 0 radical (unpaired) electrons. The van der Waals surface area contributed by atoms with Crippen LogP contribution in [0.1, 0.15) is 5.56 Å². The predicted octanol–water partition coefficient (Wildman–Crippen LogP) is 3.35. The molecule has 0 aliphatic carbocycles. The summed E-state index contributed by atoms with van der Waals surface area (Å²) >= 11 is 0. The van der Waals surface area contributed by atoms with E-state index >= 15 is 0 Å². The molecule has 3 aromatic heterocycles. The number of rotatable bonds is 6. The summed E-state index contributed by atoms with van der Waals surface area (Å²) in [5.41, 5.74) is 11.0. The van der Waals surface area contributed by atoms with Crippen molar-refractivity contribution < 1.29 is 0 Å². The third-order valence-electron chi connectivity index (χ3n) is 5.02. The SMILES string of the molecule is Nc1nc2cc(-c3cc[nH]n3)ccc2c2cn(CCNCc3ccccc3)nc12. The highest BCUT2D eigenvalue weighted by atomic mass is 15.3. The minimum Gasteiger partial charge on any atom is -0.382 e. The molecule has 0 saturated heterocycles. The fourth-order valence-electron chi connectivity index (χ4n) is 3.56. The normalized spacial score (nSPS) is 11.4. The number of pyridine rings is 1. The average molecular weight is 383 g/mol. The summed E-state index contributed by atoms with van der Waals surface area (Å²) in [4.78, 5) is 4.57. The third kappa shape index (κ3) is 3.43. The lowest BCUT2D eigenvalue weighted by atomic mass is 10.1. The van der Waals surface area contributed by atoms with Crippen molar-refractivity contribution >= 4 is 27.6 Å². The van der Waals surface area contributed by atoms with Gasteiger partial charge in [-0.3, -0.25) is 9.78 Å². The second-order valence-electron chi connectivity index (χ2n) is 7.01. The molecule has 0 bridgehead atoms. The minimum absolute atomic E-state index is 0.447. The van der Waals surface area contributed by atoms with Crippen LogP contribution in [0, 0.1) is 0 Å². The molecule has 3 heterocycles. The molecule has 0 aliphatic heterocycles. The van der Waals surface area contributed by atoms with Crippen molar-refractivity contribution in [3.05, 3.63) is 72.6 Å². The number of H-pyrrole nitrogens is 1. The van der Waals surface area contributed by atoms with Gasteiger partial charge in [-0.2, -0.15) is 10.2 Å². The number of nitrogens with two attached hydrogens (primary N) is 1. The van der Waals surface area contributed by atoms with Gasteiger partial charge in [-0.15, -0.1) is 0 Å². The Kier molecular flexibility index (Phi) is 4.42. The van der Waals surface area contributed by atoms with Crippen LogP contribution in [0.5, 0.6) is 0 Å². The van der Waals surface area contributed by atoms with Crippen LogP contribution < -0.4 is 11.1 Å². The second-order valence-corrected chi connectivity index (χ2v) is 7.01. The van der Waals surface area contributed by atoms with Gasteiger partial charge in [0.15, 0.2) is 5.82 Å². The molecular weight excluding hydrogens is 362 g/mol. The van der Waals surface area contributed by atoms with E-state index in [-0.39, 0.29) is 0 Å². The molecule has 0 fully saturated rings. The first-order chi connectivity index (χ1) is 14.3. The largest absolute Gasteiger partial charge is 0.382 e. The van der Waals surface area contributed by atoms with Gasteiger partial charge in [-0.05, 0) is 17.7 Å². The Morgan fingerprint density at radius 2 is 1.93 bits per heavy atom. The van der Waals surface area contributed by atoms with Crippen LogP contribution >= 0.6 is 0 Å². The summed E-state index contributed by atoms with van der Waals surface area (Å²) in [6, 6.07) is 18.4. The van der Waals surface area contributed by atoms with Gasteiger partial charge >= 0.3 is 0 Å². The molecule has 29 heavy (non-hydrogen) atoms. The molecular formula is C22H21N7. The Morgan fingerprint density at radius 3 is 2.76 bits per heavy atom. The monoisotopic (exact) mass is 383 g/mol. The van der Waals surface area contributed by atoms with Crippen LogP contribution in [0.3, 0.4) is 0 Å². The van der Waals surface area contributed by atoms with E-state index in [1.807, 2.05) is 29.1 Å². The molecule has 0 saturated carbocycles. The standard InChI is InChI=1S/C22H21N7/c23-22-21-18(14-29(28-21)11-10-24-13-15-4-2-1-3-5-15)17-7-6-16(12-20(17)26-22)19-8-9-25-27-19/h1-9,12,14,24H,10-11,13H2,(H2,23,26)(H,25,27). The van der Waals surface area contributed by atoms with E-state index in [2.05, 4.69) is 62.0 Å². The molecule has 0 amide bonds. The van der Waals surface area contributed by atoms with Crippen LogP contribution in [-0.4, -0.2) is 31.5 Å². The van der Waals surface area contributed by atoms with Gasteiger partial charge in [0.1, 0.15) is 5.52 Å². The lowest BCUT2D eigenvalue weighted by Gasteiger charge is -2.04. The van der Waals surface area contributed by atoms with Gasteiger partial charge in [0.2, 0.25) is 0 Å². The molecule has 7 nitrogen and oxygen atoms in total. The van der Waals surface area contributed by atoms with Crippen molar-refractivity contribution in [2.75, 3.05) is 12.3 Å². The Bertz CT molecular complexity index is 1260. The van der Waals surface area contributed by atoms with Crippen molar-refractivity contribution in [1.29, 1.82) is 0 Å². The molecule has 0 atom stereocenters. The fraction of sp³-hybridized carbons (Fsp3) is 0.136. The number of nitrogens with zero attached hydrogens (tertiary/aromatic N) is 4. The van der Waals surface area contributed by atoms with Crippen LogP contribution in [0.15, 0.2) is 67.0 Å². The number of nitrogens with one attached hydrogen (secondary N) is 2. The Balaban J connectivity index is 1.38. The Hall–Kier alpha value is -3.71. The molecule has 0 unspecified atom stereocenters. The van der Waals surface area contributed by atoms with Crippen molar-refractivity contribution in [1.82, 2.24) is 30.3 Å². The average Bonchev–Trinajstić information content (AvgIpc) is 3.42. The number of fused-ring (bicyclic) bond motifs is 3. The van der Waals surface area contributed by atoms with Crippen LogP contribution in [-0.2, 0) is 13.1 Å². The predicted molar refractivity (Wildman–Crippen MR) is 115 cm³/mol. The first kappa shape index (κ1) is 17.4. The number of hydrogen-bond acceptors (Lipinski definition) is 5. The topological polar surface area (TPSA) is 97.4 Å². The maximum atomic E-state index is 6.21. The zero-order chi connectivity index (χ0) is 19.6. The smallest absolute Gasteiger partial charge is 0.152 e. The number of anilines is 1. The van der Waals surface area contributed by atoms with E-state index in [1.54, 1.807) is 6.20 Å². The van der Waals surface area contributed by atoms with Crippen LogP contribution in [0.2, 0.25) is 0 Å². The first-order valence-electron chi connectivity index (χ1n) is 9.59. The van der Waals surface area contributed by atoms with Gasteiger partial charge in [-0.1, -0.05) is 42.5 Å². The highest BCUT2D eigenvalue weighted by Gasteiger charge is 2.12. The highest BCUT2D eigenvalue weighted by molar-refractivity contribution is 6.08. The first-order valence-corrected chi connectivity index (χ1v) is 9.59. The quantitative estimate of drug-likeness (QED) is 0.391. The Morgan fingerprint density at radius 1 is 1.03 bits per heavy atom. The summed E-state index contributed by atoms with van der Waals surface area (Å²) < 4.78 is 1.93. The van der Waals surface area contributed by atoms with Gasteiger partial charge in [0.25, 0.3) is 0 Å². The van der Waals surface area contributed by atoms with E-state index in [0.717, 1.165) is 52.7 Å². The summed E-state index contributed by atoms with van der Waals surface area (Å²) in [5, 5.41) is 17.2. The fourth-order valence-corrected chi connectivity index (χ4v) is 3.56. The summed E-state index contributed by atoms with van der Waals surface area (Å²) in [5.74, 6) is 0.447. The van der Waals surface area contributed by atoms with Gasteiger partial charge in [0, 0.05) is 41.8 Å². The van der Waals surface area contributed by atoms with Crippen molar-refractivity contribution in [2.45, 2.75) is 13.1 Å². The van der Waals surface area contributed by atoms with Gasteiger partial charge < -0.3 is 11.1 Å². The summed E-state index contributed by atoms with van der Waals surface area (Å²) in [6.45, 7) is 2.41. The highest BCUT2D eigenvalue weighted by Crippen LogP contribution is 2.29. The maximum Gasteiger partial charge on any atom is 0.152 e. The molecule has 4 N–H and O–H groups in total. The minimum atomic E-state index is 0.447. The summed E-state index contributed by atoms with van der Waals surface area (Å²) in [7, 11) is 0. The molecule has 144 valence electrons. The lowest BCUT2D eigenvalue weighted by Crippen LogP contribution is -2.19. The molecule has 5 aromatic rings. The molecule has 5 rings (SSSR count). The van der Waals surface area contributed by atoms with E-state index in [4.69, 9.17) is 5.73 Å². The molecule has 2 aromatic carbocycles. The molecule has 0 spiro atoms. The van der Waals surface area contributed by atoms with Crippen molar-refractivity contribution in [2.24, 2.45) is 0 Å². The van der Waals surface area contributed by atoms with E-state index < -0.39 is 0 Å². The maximum absolute atomic E-state index is 6.21.